The minimum atomic E-state index is -0.165. The van der Waals surface area contributed by atoms with E-state index in [0.29, 0.717) is 23.9 Å². The summed E-state index contributed by atoms with van der Waals surface area (Å²) in [5, 5.41) is 9.64. The largest absolute Gasteiger partial charge is 0.504 e. The third-order valence-electron chi connectivity index (χ3n) is 5.04. The van der Waals surface area contributed by atoms with E-state index in [9.17, 15) is 9.90 Å². The third-order valence-corrected chi connectivity index (χ3v) is 5.04. The van der Waals surface area contributed by atoms with Gasteiger partial charge in [0.15, 0.2) is 28.8 Å². The normalized spacial score (nSPS) is 14.7. The summed E-state index contributed by atoms with van der Waals surface area (Å²) in [6, 6.07) is 10.4. The van der Waals surface area contributed by atoms with Gasteiger partial charge in [0.25, 0.3) is 0 Å². The van der Waals surface area contributed by atoms with E-state index in [1.165, 1.54) is 25.3 Å². The zero-order valence-corrected chi connectivity index (χ0v) is 18.5. The van der Waals surface area contributed by atoms with Crippen molar-refractivity contribution in [1.82, 2.24) is 4.90 Å². The van der Waals surface area contributed by atoms with Gasteiger partial charge in [-0.15, -0.1) is 0 Å². The molecule has 7 nitrogen and oxygen atoms in total. The maximum atomic E-state index is 12.2. The Morgan fingerprint density at radius 1 is 0.969 bits per heavy atom. The number of ketones is 1. The van der Waals surface area contributed by atoms with E-state index in [0.717, 1.165) is 44.0 Å². The predicted octanol–water partition coefficient (Wildman–Crippen LogP) is 3.42. The summed E-state index contributed by atoms with van der Waals surface area (Å²) in [5.74, 6) is 1.54. The van der Waals surface area contributed by atoms with Crippen LogP contribution in [-0.2, 0) is 9.53 Å². The molecule has 1 heterocycles. The smallest absolute Gasteiger partial charge is 0.178 e. The lowest BCUT2D eigenvalue weighted by Gasteiger charge is -2.26. The van der Waals surface area contributed by atoms with Gasteiger partial charge >= 0.3 is 0 Å². The minimum Gasteiger partial charge on any atom is -0.504 e. The van der Waals surface area contributed by atoms with Crippen LogP contribution in [0, 0.1) is 0 Å². The Kier molecular flexibility index (Phi) is 8.71. The fraction of sp³-hybridized carbons (Fsp3) is 0.320. The van der Waals surface area contributed by atoms with Crippen LogP contribution in [0.3, 0.4) is 0 Å². The molecule has 0 aliphatic carbocycles. The van der Waals surface area contributed by atoms with Gasteiger partial charge in [-0.25, -0.2) is 0 Å². The molecule has 0 spiro atoms. The van der Waals surface area contributed by atoms with E-state index in [4.69, 9.17) is 18.9 Å². The van der Waals surface area contributed by atoms with Crippen molar-refractivity contribution in [1.29, 1.82) is 0 Å². The highest BCUT2D eigenvalue weighted by Crippen LogP contribution is 2.29. The number of carbonyl (C=O) groups is 1. The summed E-state index contributed by atoms with van der Waals surface area (Å²) in [5.41, 5.74) is 1.58. The monoisotopic (exact) mass is 439 g/mol. The molecule has 0 aromatic heterocycles. The van der Waals surface area contributed by atoms with Crippen LogP contribution in [0.1, 0.15) is 11.1 Å². The molecule has 0 radical (unpaired) electrons. The van der Waals surface area contributed by atoms with Crippen LogP contribution in [-0.4, -0.2) is 69.5 Å². The molecule has 2 aromatic rings. The van der Waals surface area contributed by atoms with Crippen LogP contribution in [0.15, 0.2) is 48.6 Å². The van der Waals surface area contributed by atoms with E-state index < -0.39 is 0 Å². The number of phenolic OH excluding ortho intramolecular Hbond substituents is 1. The third kappa shape index (κ3) is 6.87. The number of aromatic hydroxyl groups is 1. The molecule has 3 rings (SSSR count). The Hall–Kier alpha value is -3.29. The van der Waals surface area contributed by atoms with Crippen molar-refractivity contribution in [2.75, 3.05) is 53.7 Å². The Labute approximate surface area is 188 Å². The fourth-order valence-corrected chi connectivity index (χ4v) is 3.23. The van der Waals surface area contributed by atoms with E-state index >= 15 is 0 Å². The van der Waals surface area contributed by atoms with Gasteiger partial charge in [0.05, 0.1) is 27.4 Å². The molecule has 2 aromatic carbocycles. The molecule has 32 heavy (non-hydrogen) atoms. The number of morpholine rings is 1. The molecule has 7 heteroatoms. The number of phenols is 1. The fourth-order valence-electron chi connectivity index (χ4n) is 3.23. The number of nitrogens with zero attached hydrogens (tertiary/aromatic N) is 1. The van der Waals surface area contributed by atoms with Gasteiger partial charge in [0.2, 0.25) is 0 Å². The number of rotatable bonds is 10. The molecule has 1 fully saturated rings. The molecule has 0 saturated carbocycles. The van der Waals surface area contributed by atoms with Gasteiger partial charge in [-0.3, -0.25) is 9.69 Å². The van der Waals surface area contributed by atoms with Crippen LogP contribution in [0.4, 0.5) is 0 Å². The van der Waals surface area contributed by atoms with E-state index in [2.05, 4.69) is 4.90 Å². The number of hydrogen-bond donors (Lipinski definition) is 1. The highest BCUT2D eigenvalue weighted by Gasteiger charge is 2.11. The number of allylic oxidation sites excluding steroid dienone is 2. The van der Waals surface area contributed by atoms with Crippen molar-refractivity contribution < 1.29 is 28.8 Å². The predicted molar refractivity (Wildman–Crippen MR) is 123 cm³/mol. The van der Waals surface area contributed by atoms with Crippen molar-refractivity contribution in [2.45, 2.75) is 0 Å². The van der Waals surface area contributed by atoms with Crippen LogP contribution < -0.4 is 14.2 Å². The lowest BCUT2D eigenvalue weighted by atomic mass is 10.1. The van der Waals surface area contributed by atoms with Crippen molar-refractivity contribution in [3.8, 4) is 23.0 Å². The molecule has 1 N–H and O–H groups in total. The number of carbonyl (C=O) groups excluding carboxylic acids is 1. The molecule has 0 amide bonds. The van der Waals surface area contributed by atoms with Crippen molar-refractivity contribution in [3.05, 3.63) is 59.7 Å². The summed E-state index contributed by atoms with van der Waals surface area (Å²) in [7, 11) is 3.07. The average molecular weight is 440 g/mol. The van der Waals surface area contributed by atoms with Crippen molar-refractivity contribution in [3.63, 3.8) is 0 Å². The molecule has 0 bridgehead atoms. The molecular weight excluding hydrogens is 410 g/mol. The summed E-state index contributed by atoms with van der Waals surface area (Å²) in [4.78, 5) is 14.5. The van der Waals surface area contributed by atoms with Crippen LogP contribution in [0.25, 0.3) is 12.2 Å². The second kappa shape index (κ2) is 11.9. The Morgan fingerprint density at radius 3 is 2.25 bits per heavy atom. The maximum absolute atomic E-state index is 12.2. The topological polar surface area (TPSA) is 77.5 Å². The number of ether oxygens (including phenoxy) is 4. The van der Waals surface area contributed by atoms with Crippen molar-refractivity contribution in [2.24, 2.45) is 0 Å². The lowest BCUT2D eigenvalue weighted by Crippen LogP contribution is -2.38. The standard InChI is InChI=1S/C25H29NO6/c1-29-24-17-19(5-9-22(24)28)3-7-21(27)8-4-20-6-10-23(25(18-20)30-2)32-16-13-26-11-14-31-15-12-26/h3-10,17-18,28H,11-16H2,1-2H3/b7-3+,8-4+. The first-order valence-electron chi connectivity index (χ1n) is 10.5. The van der Waals surface area contributed by atoms with Crippen LogP contribution >= 0.6 is 0 Å². The van der Waals surface area contributed by atoms with Crippen LogP contribution in [0.5, 0.6) is 23.0 Å². The SMILES string of the molecule is COc1cc(/C=C/C(=O)/C=C/c2ccc(OCCN3CCOCC3)c(OC)c2)ccc1O. The van der Waals surface area contributed by atoms with Crippen molar-refractivity contribution >= 4 is 17.9 Å². The number of methoxy groups -OCH3 is 2. The molecule has 0 unspecified atom stereocenters. The average Bonchev–Trinajstić information content (AvgIpc) is 2.83. The quantitative estimate of drug-likeness (QED) is 0.569. The van der Waals surface area contributed by atoms with Gasteiger partial charge in [-0.05, 0) is 47.5 Å². The molecule has 170 valence electrons. The highest BCUT2D eigenvalue weighted by atomic mass is 16.5. The number of hydrogen-bond acceptors (Lipinski definition) is 7. The van der Waals surface area contributed by atoms with Gasteiger partial charge in [-0.2, -0.15) is 0 Å². The molecular formula is C25H29NO6. The zero-order valence-electron chi connectivity index (χ0n) is 18.5. The van der Waals surface area contributed by atoms with E-state index in [1.807, 2.05) is 18.2 Å². The first kappa shape index (κ1) is 23.4. The summed E-state index contributed by atoms with van der Waals surface area (Å²) < 4.78 is 21.8. The summed E-state index contributed by atoms with van der Waals surface area (Å²) in [6.07, 6.45) is 6.34. The summed E-state index contributed by atoms with van der Waals surface area (Å²) >= 11 is 0. The zero-order chi connectivity index (χ0) is 22.8. The molecule has 1 saturated heterocycles. The second-order valence-corrected chi connectivity index (χ2v) is 7.21. The van der Waals surface area contributed by atoms with Gasteiger partial charge in [0, 0.05) is 19.6 Å². The van der Waals surface area contributed by atoms with Gasteiger partial charge in [0.1, 0.15) is 6.61 Å². The number of benzene rings is 2. The van der Waals surface area contributed by atoms with E-state index in [1.54, 1.807) is 31.4 Å². The molecule has 1 aliphatic rings. The maximum Gasteiger partial charge on any atom is 0.178 e. The first-order chi connectivity index (χ1) is 15.6. The summed E-state index contributed by atoms with van der Waals surface area (Å²) in [6.45, 7) is 4.78. The Balaban J connectivity index is 1.55. The second-order valence-electron chi connectivity index (χ2n) is 7.21. The Morgan fingerprint density at radius 2 is 1.59 bits per heavy atom. The minimum absolute atomic E-state index is 0.0540. The molecule has 0 atom stereocenters. The Bertz CT molecular complexity index is 963. The lowest BCUT2D eigenvalue weighted by molar-refractivity contribution is -0.110. The van der Waals surface area contributed by atoms with Gasteiger partial charge < -0.3 is 24.1 Å². The van der Waals surface area contributed by atoms with Gasteiger partial charge in [-0.1, -0.05) is 24.3 Å². The van der Waals surface area contributed by atoms with Crippen LogP contribution in [0.2, 0.25) is 0 Å². The highest BCUT2D eigenvalue weighted by molar-refractivity contribution is 6.04. The first-order valence-corrected chi connectivity index (χ1v) is 10.5. The molecule has 1 aliphatic heterocycles. The van der Waals surface area contributed by atoms with E-state index in [-0.39, 0.29) is 11.5 Å².